The molecule has 0 fully saturated rings. The summed E-state index contributed by atoms with van der Waals surface area (Å²) in [5, 5.41) is 11.8. The molecule has 4 heteroatoms. The lowest BCUT2D eigenvalue weighted by Gasteiger charge is -2.32. The highest BCUT2D eigenvalue weighted by atomic mass is 79.9. The molecule has 1 aliphatic carbocycles. The van der Waals surface area contributed by atoms with Gasteiger partial charge < -0.3 is 9.52 Å². The van der Waals surface area contributed by atoms with E-state index in [2.05, 4.69) is 64.5 Å². The van der Waals surface area contributed by atoms with Gasteiger partial charge in [-0.05, 0) is 70.8 Å². The van der Waals surface area contributed by atoms with Crippen LogP contribution in [0.3, 0.4) is 0 Å². The Morgan fingerprint density at radius 3 is 2.23 bits per heavy atom. The number of rotatable bonds is 3. The van der Waals surface area contributed by atoms with Gasteiger partial charge in [0, 0.05) is 10.4 Å². The SMILES string of the molecule is O=c1oc2ccccc2c(O)c1[C@@H]1C[C@H](c2ccc(-c3ccc(Br)cc3)cc2)Cc2ccccc21. The third-order valence-corrected chi connectivity index (χ3v) is 7.67. The van der Waals surface area contributed by atoms with Crippen molar-refractivity contribution in [3.05, 3.63) is 134 Å². The van der Waals surface area contributed by atoms with Gasteiger partial charge in [0.05, 0.1) is 10.9 Å². The van der Waals surface area contributed by atoms with Crippen molar-refractivity contribution < 1.29 is 9.52 Å². The van der Waals surface area contributed by atoms with Crippen LogP contribution in [0.4, 0.5) is 0 Å². The Bertz CT molecular complexity index is 1580. The van der Waals surface area contributed by atoms with Gasteiger partial charge in [-0.1, -0.05) is 88.7 Å². The maximum atomic E-state index is 13.1. The molecule has 0 amide bonds. The lowest BCUT2D eigenvalue weighted by atomic mass is 9.72. The lowest BCUT2D eigenvalue weighted by Crippen LogP contribution is -2.23. The molecule has 0 bridgehead atoms. The molecule has 0 spiro atoms. The van der Waals surface area contributed by atoms with Crippen LogP contribution in [0.25, 0.3) is 22.1 Å². The molecule has 5 aromatic rings. The molecule has 4 aromatic carbocycles. The second kappa shape index (κ2) is 8.86. The summed E-state index contributed by atoms with van der Waals surface area (Å²) < 4.78 is 6.70. The van der Waals surface area contributed by atoms with Crippen molar-refractivity contribution >= 4 is 26.9 Å². The largest absolute Gasteiger partial charge is 0.507 e. The zero-order valence-electron chi connectivity index (χ0n) is 18.9. The van der Waals surface area contributed by atoms with Gasteiger partial charge in [0.25, 0.3) is 0 Å². The van der Waals surface area contributed by atoms with Gasteiger partial charge in [-0.3, -0.25) is 0 Å². The van der Waals surface area contributed by atoms with E-state index in [0.29, 0.717) is 16.5 Å². The highest BCUT2D eigenvalue weighted by Crippen LogP contribution is 2.45. The van der Waals surface area contributed by atoms with E-state index in [1.54, 1.807) is 18.2 Å². The molecule has 0 saturated carbocycles. The van der Waals surface area contributed by atoms with Gasteiger partial charge >= 0.3 is 5.63 Å². The minimum Gasteiger partial charge on any atom is -0.507 e. The van der Waals surface area contributed by atoms with Crippen molar-refractivity contribution in [3.63, 3.8) is 0 Å². The van der Waals surface area contributed by atoms with Crippen LogP contribution in [0.15, 0.2) is 111 Å². The van der Waals surface area contributed by atoms with E-state index in [-0.39, 0.29) is 17.6 Å². The van der Waals surface area contributed by atoms with Gasteiger partial charge in [-0.15, -0.1) is 0 Å². The molecule has 1 aromatic heterocycles. The summed E-state index contributed by atoms with van der Waals surface area (Å²) in [5.74, 6) is 0.0129. The van der Waals surface area contributed by atoms with Crippen molar-refractivity contribution in [2.75, 3.05) is 0 Å². The Morgan fingerprint density at radius 1 is 0.800 bits per heavy atom. The predicted molar refractivity (Wildman–Crippen MR) is 143 cm³/mol. The van der Waals surface area contributed by atoms with E-state index in [0.717, 1.165) is 22.9 Å². The standard InChI is InChI=1S/C31H23BrO3/c32-24-15-13-20(14-16-24)19-9-11-21(12-10-19)23-17-22-5-1-2-6-25(22)27(18-23)29-30(33)26-7-3-4-8-28(26)35-31(29)34/h1-16,23,27,33H,17-18H2/t23-,27-/m1/s1. The first kappa shape index (κ1) is 21.9. The van der Waals surface area contributed by atoms with Gasteiger partial charge in [0.15, 0.2) is 0 Å². The maximum absolute atomic E-state index is 13.1. The van der Waals surface area contributed by atoms with Crippen molar-refractivity contribution in [1.29, 1.82) is 0 Å². The number of fused-ring (bicyclic) bond motifs is 2. The van der Waals surface area contributed by atoms with E-state index in [1.807, 2.05) is 30.3 Å². The van der Waals surface area contributed by atoms with Crippen LogP contribution in [0.1, 0.15) is 40.5 Å². The van der Waals surface area contributed by atoms with Crippen LogP contribution >= 0.6 is 15.9 Å². The Labute approximate surface area is 211 Å². The van der Waals surface area contributed by atoms with Crippen molar-refractivity contribution in [1.82, 2.24) is 0 Å². The molecular formula is C31H23BrO3. The lowest BCUT2D eigenvalue weighted by molar-refractivity contribution is 0.437. The monoisotopic (exact) mass is 522 g/mol. The number of hydrogen-bond donors (Lipinski definition) is 1. The minimum atomic E-state index is -0.466. The van der Waals surface area contributed by atoms with Crippen LogP contribution in [-0.4, -0.2) is 5.11 Å². The van der Waals surface area contributed by atoms with E-state index in [1.165, 1.54) is 22.3 Å². The summed E-state index contributed by atoms with van der Waals surface area (Å²) in [7, 11) is 0. The fourth-order valence-electron chi connectivity index (χ4n) is 5.39. The van der Waals surface area contributed by atoms with Crippen LogP contribution < -0.4 is 5.63 Å². The second-order valence-electron chi connectivity index (χ2n) is 9.17. The van der Waals surface area contributed by atoms with Gasteiger partial charge in [-0.2, -0.15) is 0 Å². The van der Waals surface area contributed by atoms with Gasteiger partial charge in [0.2, 0.25) is 0 Å². The fourth-order valence-corrected chi connectivity index (χ4v) is 5.66. The number of hydrogen-bond acceptors (Lipinski definition) is 3. The number of halogens is 1. The Morgan fingerprint density at radius 2 is 1.46 bits per heavy atom. The van der Waals surface area contributed by atoms with Gasteiger partial charge in [0.1, 0.15) is 11.3 Å². The molecule has 6 rings (SSSR count). The summed E-state index contributed by atoms with van der Waals surface area (Å²) in [6.45, 7) is 0. The average Bonchev–Trinajstić information content (AvgIpc) is 2.89. The highest BCUT2D eigenvalue weighted by Gasteiger charge is 2.33. The summed E-state index contributed by atoms with van der Waals surface area (Å²) in [5.41, 5.74) is 6.16. The Kier molecular flexibility index (Phi) is 5.54. The highest BCUT2D eigenvalue weighted by molar-refractivity contribution is 9.10. The quantitative estimate of drug-likeness (QED) is 0.246. The number of benzene rings is 4. The topological polar surface area (TPSA) is 50.4 Å². The summed E-state index contributed by atoms with van der Waals surface area (Å²) in [6, 6.07) is 32.4. The zero-order chi connectivity index (χ0) is 23.9. The molecule has 1 aliphatic rings. The first-order chi connectivity index (χ1) is 17.1. The molecule has 0 saturated heterocycles. The van der Waals surface area contributed by atoms with Crippen LogP contribution in [-0.2, 0) is 6.42 Å². The molecular weight excluding hydrogens is 500 g/mol. The molecule has 0 radical (unpaired) electrons. The van der Waals surface area contributed by atoms with E-state index in [9.17, 15) is 9.90 Å². The predicted octanol–water partition coefficient (Wildman–Crippen LogP) is 7.79. The Balaban J connectivity index is 1.41. The maximum Gasteiger partial charge on any atom is 0.343 e. The number of aromatic hydroxyl groups is 1. The summed E-state index contributed by atoms with van der Waals surface area (Å²) in [6.07, 6.45) is 1.62. The van der Waals surface area contributed by atoms with E-state index < -0.39 is 5.63 Å². The van der Waals surface area contributed by atoms with Crippen molar-refractivity contribution in [3.8, 4) is 16.9 Å². The first-order valence-electron chi connectivity index (χ1n) is 11.8. The van der Waals surface area contributed by atoms with Crippen LogP contribution in [0, 0.1) is 0 Å². The third kappa shape index (κ3) is 3.98. The Hall–Kier alpha value is -3.63. The second-order valence-corrected chi connectivity index (χ2v) is 10.1. The van der Waals surface area contributed by atoms with E-state index >= 15 is 0 Å². The van der Waals surface area contributed by atoms with Crippen LogP contribution in [0.2, 0.25) is 0 Å². The molecule has 0 unspecified atom stereocenters. The summed E-state index contributed by atoms with van der Waals surface area (Å²) in [4.78, 5) is 13.1. The third-order valence-electron chi connectivity index (χ3n) is 7.15. The molecule has 172 valence electrons. The van der Waals surface area contributed by atoms with Gasteiger partial charge in [-0.25, -0.2) is 4.79 Å². The number of para-hydroxylation sites is 1. The van der Waals surface area contributed by atoms with Crippen molar-refractivity contribution in [2.45, 2.75) is 24.7 Å². The smallest absolute Gasteiger partial charge is 0.343 e. The minimum absolute atomic E-state index is 0.0305. The average molecular weight is 523 g/mol. The zero-order valence-corrected chi connectivity index (χ0v) is 20.5. The molecule has 1 N–H and O–H groups in total. The summed E-state index contributed by atoms with van der Waals surface area (Å²) >= 11 is 3.50. The van der Waals surface area contributed by atoms with Crippen LogP contribution in [0.5, 0.6) is 5.75 Å². The van der Waals surface area contributed by atoms with Crippen molar-refractivity contribution in [2.24, 2.45) is 0 Å². The fraction of sp³-hybridized carbons (Fsp3) is 0.129. The molecule has 2 atom stereocenters. The molecule has 3 nitrogen and oxygen atoms in total. The van der Waals surface area contributed by atoms with E-state index in [4.69, 9.17) is 4.42 Å². The molecule has 0 aliphatic heterocycles. The molecule has 1 heterocycles. The normalized spacial score (nSPS) is 17.3. The first-order valence-corrected chi connectivity index (χ1v) is 12.6. The molecule has 35 heavy (non-hydrogen) atoms.